The highest BCUT2D eigenvalue weighted by Crippen LogP contribution is 2.26. The van der Waals surface area contributed by atoms with Crippen molar-refractivity contribution in [2.24, 2.45) is 0 Å². The van der Waals surface area contributed by atoms with Crippen LogP contribution in [0.25, 0.3) is 0 Å². The van der Waals surface area contributed by atoms with E-state index < -0.39 is 34.3 Å². The van der Waals surface area contributed by atoms with Crippen LogP contribution in [-0.2, 0) is 26.2 Å². The highest BCUT2D eigenvalue weighted by atomic mass is 79.9. The van der Waals surface area contributed by atoms with E-state index in [1.807, 2.05) is 0 Å². The maximum Gasteiger partial charge on any atom is 0.264 e. The zero-order valence-electron chi connectivity index (χ0n) is 19.9. The number of benzene rings is 3. The number of likely N-dealkylation sites (N-methyl/N-ethyl adjacent to an activating group) is 1. The molecular weight excluding hydrogens is 549 g/mol. The number of halogens is 2. The van der Waals surface area contributed by atoms with Gasteiger partial charge in [0.25, 0.3) is 10.0 Å². The molecule has 0 fully saturated rings. The van der Waals surface area contributed by atoms with Gasteiger partial charge in [-0.1, -0.05) is 46.3 Å². The van der Waals surface area contributed by atoms with Crippen molar-refractivity contribution in [3.63, 3.8) is 0 Å². The fourth-order valence-electron chi connectivity index (χ4n) is 3.55. The van der Waals surface area contributed by atoms with Gasteiger partial charge in [-0.2, -0.15) is 0 Å². The highest BCUT2D eigenvalue weighted by Gasteiger charge is 2.32. The molecule has 0 heterocycles. The van der Waals surface area contributed by atoms with Crippen LogP contribution >= 0.6 is 15.9 Å². The van der Waals surface area contributed by atoms with E-state index >= 15 is 0 Å². The lowest BCUT2D eigenvalue weighted by Gasteiger charge is -2.32. The van der Waals surface area contributed by atoms with Crippen LogP contribution in [0.3, 0.4) is 0 Å². The molecule has 7 nitrogen and oxygen atoms in total. The lowest BCUT2D eigenvalue weighted by molar-refractivity contribution is -0.139. The molecule has 0 saturated heterocycles. The number of carbonyl (C=O) groups excluding carboxylic acids is 2. The third-order valence-electron chi connectivity index (χ3n) is 5.51. The summed E-state index contributed by atoms with van der Waals surface area (Å²) in [5, 5.41) is 2.69. The summed E-state index contributed by atoms with van der Waals surface area (Å²) in [6, 6.07) is 19.1. The van der Waals surface area contributed by atoms with Crippen LogP contribution in [0.4, 0.5) is 10.1 Å². The number of carbonyl (C=O) groups is 2. The molecule has 3 aromatic carbocycles. The van der Waals surface area contributed by atoms with Crippen LogP contribution < -0.4 is 9.62 Å². The normalized spacial score (nSPS) is 12.0. The highest BCUT2D eigenvalue weighted by molar-refractivity contribution is 9.10. The van der Waals surface area contributed by atoms with Crippen LogP contribution in [0.5, 0.6) is 0 Å². The van der Waals surface area contributed by atoms with Crippen LogP contribution in [0, 0.1) is 5.82 Å². The average Bonchev–Trinajstić information content (AvgIpc) is 2.87. The molecule has 1 atom stereocenters. The second kappa shape index (κ2) is 12.1. The van der Waals surface area contributed by atoms with Crippen LogP contribution in [0.1, 0.15) is 19.4 Å². The van der Waals surface area contributed by atoms with Gasteiger partial charge in [-0.3, -0.25) is 13.9 Å². The number of hydrogen-bond donors (Lipinski definition) is 1. The van der Waals surface area contributed by atoms with Gasteiger partial charge in [0.2, 0.25) is 11.8 Å². The van der Waals surface area contributed by atoms with Gasteiger partial charge in [0.15, 0.2) is 0 Å². The number of rotatable bonds is 10. The van der Waals surface area contributed by atoms with Gasteiger partial charge >= 0.3 is 0 Å². The minimum absolute atomic E-state index is 0.00300. The predicted octanol–water partition coefficient (Wildman–Crippen LogP) is 4.34. The SMILES string of the molecule is CCNC(=O)[C@@H](C)N(Cc1ccc(F)cc1)C(=O)CN(c1ccc(Br)cc1)S(=O)(=O)c1ccccc1. The Morgan fingerprint density at radius 1 is 0.972 bits per heavy atom. The van der Waals surface area contributed by atoms with Crippen molar-refractivity contribution in [3.8, 4) is 0 Å². The quantitative estimate of drug-likeness (QED) is 0.389. The molecule has 36 heavy (non-hydrogen) atoms. The summed E-state index contributed by atoms with van der Waals surface area (Å²) in [5.41, 5.74) is 0.893. The van der Waals surface area contributed by atoms with Crippen LogP contribution in [0.2, 0.25) is 0 Å². The lowest BCUT2D eigenvalue weighted by Crippen LogP contribution is -2.51. The predicted molar refractivity (Wildman–Crippen MR) is 140 cm³/mol. The zero-order valence-corrected chi connectivity index (χ0v) is 22.3. The fraction of sp³-hybridized carbons (Fsp3) is 0.231. The fourth-order valence-corrected chi connectivity index (χ4v) is 5.25. The van der Waals surface area contributed by atoms with Crippen molar-refractivity contribution < 1.29 is 22.4 Å². The second-order valence-electron chi connectivity index (χ2n) is 8.02. The Balaban J connectivity index is 2.00. The summed E-state index contributed by atoms with van der Waals surface area (Å²) in [4.78, 5) is 27.6. The largest absolute Gasteiger partial charge is 0.355 e. The van der Waals surface area contributed by atoms with E-state index in [1.54, 1.807) is 56.3 Å². The molecule has 2 amide bonds. The monoisotopic (exact) mass is 575 g/mol. The van der Waals surface area contributed by atoms with Crippen molar-refractivity contribution in [1.82, 2.24) is 10.2 Å². The molecule has 0 spiro atoms. The Morgan fingerprint density at radius 2 is 1.58 bits per heavy atom. The molecule has 3 aromatic rings. The van der Waals surface area contributed by atoms with Crippen LogP contribution in [0.15, 0.2) is 88.2 Å². The summed E-state index contributed by atoms with van der Waals surface area (Å²) < 4.78 is 42.4. The minimum Gasteiger partial charge on any atom is -0.355 e. The van der Waals surface area contributed by atoms with E-state index in [0.29, 0.717) is 17.8 Å². The summed E-state index contributed by atoms with van der Waals surface area (Å²) >= 11 is 3.34. The second-order valence-corrected chi connectivity index (χ2v) is 10.8. The smallest absolute Gasteiger partial charge is 0.264 e. The topological polar surface area (TPSA) is 86.8 Å². The van der Waals surface area contributed by atoms with Gasteiger partial charge in [0.05, 0.1) is 10.6 Å². The average molecular weight is 576 g/mol. The molecule has 10 heteroatoms. The zero-order chi connectivity index (χ0) is 26.3. The van der Waals surface area contributed by atoms with Gasteiger partial charge in [-0.15, -0.1) is 0 Å². The molecule has 0 unspecified atom stereocenters. The van der Waals surface area contributed by atoms with Crippen molar-refractivity contribution >= 4 is 43.5 Å². The maximum atomic E-state index is 13.6. The summed E-state index contributed by atoms with van der Waals surface area (Å²) in [6.45, 7) is 3.16. The van der Waals surface area contributed by atoms with E-state index in [9.17, 15) is 22.4 Å². The van der Waals surface area contributed by atoms with Gasteiger partial charge in [-0.25, -0.2) is 12.8 Å². The van der Waals surface area contributed by atoms with E-state index in [-0.39, 0.29) is 17.3 Å². The summed E-state index contributed by atoms with van der Waals surface area (Å²) in [5.74, 6) is -1.39. The molecule has 0 aliphatic heterocycles. The first-order valence-electron chi connectivity index (χ1n) is 11.3. The molecule has 190 valence electrons. The van der Waals surface area contributed by atoms with Crippen molar-refractivity contribution in [3.05, 3.63) is 94.7 Å². The standard InChI is InChI=1S/C26H27BrFN3O4S/c1-3-29-26(33)19(2)30(17-20-9-13-22(28)14-10-20)25(32)18-31(23-15-11-21(27)12-16-23)36(34,35)24-7-5-4-6-8-24/h4-16,19H,3,17-18H2,1-2H3,(H,29,33)/t19-/m1/s1. The Hall–Kier alpha value is -3.24. The molecule has 0 saturated carbocycles. The van der Waals surface area contributed by atoms with Crippen molar-refractivity contribution in [2.75, 3.05) is 17.4 Å². The number of sulfonamides is 1. The number of anilines is 1. The number of amides is 2. The van der Waals surface area contributed by atoms with E-state index in [1.165, 1.54) is 41.3 Å². The Labute approximate surface area is 219 Å². The van der Waals surface area contributed by atoms with Gasteiger partial charge in [0, 0.05) is 17.6 Å². The minimum atomic E-state index is -4.11. The maximum absolute atomic E-state index is 13.6. The third-order valence-corrected chi connectivity index (χ3v) is 7.83. The third kappa shape index (κ3) is 6.70. The van der Waals surface area contributed by atoms with E-state index in [0.717, 1.165) is 8.78 Å². The first kappa shape index (κ1) is 27.3. The van der Waals surface area contributed by atoms with E-state index in [4.69, 9.17) is 0 Å². The molecule has 0 aliphatic rings. The number of nitrogens with zero attached hydrogens (tertiary/aromatic N) is 2. The van der Waals surface area contributed by atoms with Gasteiger partial charge in [-0.05, 0) is 67.9 Å². The Bertz CT molecular complexity index is 1290. The van der Waals surface area contributed by atoms with Crippen molar-refractivity contribution in [2.45, 2.75) is 31.3 Å². The first-order valence-corrected chi connectivity index (χ1v) is 13.5. The molecule has 0 aromatic heterocycles. The summed E-state index contributed by atoms with van der Waals surface area (Å²) in [7, 11) is -4.11. The molecular formula is C26H27BrFN3O4S. The number of hydrogen-bond acceptors (Lipinski definition) is 4. The molecule has 3 rings (SSSR count). The first-order chi connectivity index (χ1) is 17.1. The molecule has 0 bridgehead atoms. The molecule has 0 aliphatic carbocycles. The summed E-state index contributed by atoms with van der Waals surface area (Å²) in [6.07, 6.45) is 0. The van der Waals surface area contributed by atoms with Crippen molar-refractivity contribution in [1.29, 1.82) is 0 Å². The van der Waals surface area contributed by atoms with Crippen LogP contribution in [-0.4, -0.2) is 44.3 Å². The van der Waals surface area contributed by atoms with E-state index in [2.05, 4.69) is 21.2 Å². The molecule has 1 N–H and O–H groups in total. The van der Waals surface area contributed by atoms with Gasteiger partial charge < -0.3 is 10.2 Å². The lowest BCUT2D eigenvalue weighted by atomic mass is 10.1. The Morgan fingerprint density at radius 3 is 2.17 bits per heavy atom. The number of nitrogens with one attached hydrogen (secondary N) is 1. The Kier molecular flexibility index (Phi) is 9.22. The van der Waals surface area contributed by atoms with Gasteiger partial charge in [0.1, 0.15) is 18.4 Å². The molecule has 0 radical (unpaired) electrons.